The zero-order valence-corrected chi connectivity index (χ0v) is 18.0. The standard InChI is InChI=1S/C23H24N4O2S/c1-16-17-7-3-4-8-18(17)25-21(24-16)15-26(2)22(28)11-12-23(29)27-13-14-30-20-10-6-5-9-19(20)27/h3-10H,11-15H2,1-2H3. The first-order valence-electron chi connectivity index (χ1n) is 10.0. The maximum absolute atomic E-state index is 12.8. The second kappa shape index (κ2) is 8.83. The molecular formula is C23H24N4O2S. The number of carbonyl (C=O) groups excluding carboxylic acids is 2. The molecule has 6 nitrogen and oxygen atoms in total. The molecule has 0 N–H and O–H groups in total. The number of anilines is 1. The molecule has 30 heavy (non-hydrogen) atoms. The summed E-state index contributed by atoms with van der Waals surface area (Å²) in [6.07, 6.45) is 0.369. The van der Waals surface area contributed by atoms with Gasteiger partial charge in [0.15, 0.2) is 0 Å². The van der Waals surface area contributed by atoms with Gasteiger partial charge in [-0.05, 0) is 25.1 Å². The van der Waals surface area contributed by atoms with Gasteiger partial charge in [-0.2, -0.15) is 0 Å². The lowest BCUT2D eigenvalue weighted by molar-refractivity contribution is -0.132. The predicted molar refractivity (Wildman–Crippen MR) is 120 cm³/mol. The number of hydrogen-bond donors (Lipinski definition) is 0. The second-order valence-electron chi connectivity index (χ2n) is 7.35. The number of hydrogen-bond acceptors (Lipinski definition) is 5. The number of fused-ring (bicyclic) bond motifs is 2. The summed E-state index contributed by atoms with van der Waals surface area (Å²) in [7, 11) is 1.73. The minimum atomic E-state index is -0.0857. The Hall–Kier alpha value is -2.93. The molecule has 0 bridgehead atoms. The molecule has 2 heterocycles. The van der Waals surface area contributed by atoms with E-state index in [0.717, 1.165) is 32.9 Å². The van der Waals surface area contributed by atoms with E-state index in [9.17, 15) is 9.59 Å². The Kier molecular flexibility index (Phi) is 5.99. The highest BCUT2D eigenvalue weighted by Crippen LogP contribution is 2.34. The summed E-state index contributed by atoms with van der Waals surface area (Å²) in [6, 6.07) is 15.8. The number of rotatable bonds is 5. The van der Waals surface area contributed by atoms with E-state index in [0.29, 0.717) is 18.9 Å². The third-order valence-electron chi connectivity index (χ3n) is 5.23. The second-order valence-corrected chi connectivity index (χ2v) is 8.49. The smallest absolute Gasteiger partial charge is 0.227 e. The van der Waals surface area contributed by atoms with E-state index in [1.54, 1.807) is 28.6 Å². The fraction of sp³-hybridized carbons (Fsp3) is 0.304. The number of amides is 2. The minimum Gasteiger partial charge on any atom is -0.338 e. The number of nitrogens with zero attached hydrogens (tertiary/aromatic N) is 4. The van der Waals surface area contributed by atoms with Crippen LogP contribution < -0.4 is 4.90 Å². The summed E-state index contributed by atoms with van der Waals surface area (Å²) in [4.78, 5) is 39.0. The zero-order chi connectivity index (χ0) is 21.1. The van der Waals surface area contributed by atoms with Gasteiger partial charge in [0.25, 0.3) is 0 Å². The first-order valence-corrected chi connectivity index (χ1v) is 11.0. The maximum Gasteiger partial charge on any atom is 0.227 e. The van der Waals surface area contributed by atoms with Gasteiger partial charge in [0.2, 0.25) is 11.8 Å². The monoisotopic (exact) mass is 420 g/mol. The molecule has 1 aromatic heterocycles. The largest absolute Gasteiger partial charge is 0.338 e. The molecule has 0 fully saturated rings. The molecule has 0 unspecified atom stereocenters. The lowest BCUT2D eigenvalue weighted by atomic mass is 10.2. The van der Waals surface area contributed by atoms with Crippen molar-refractivity contribution in [3.05, 3.63) is 60.0 Å². The molecule has 0 aliphatic carbocycles. The average Bonchev–Trinajstić information content (AvgIpc) is 2.76. The molecule has 2 amide bonds. The minimum absolute atomic E-state index is 0.0118. The maximum atomic E-state index is 12.8. The SMILES string of the molecule is Cc1nc(CN(C)C(=O)CCC(=O)N2CCSc3ccccc32)nc2ccccc12. The summed E-state index contributed by atoms with van der Waals surface area (Å²) >= 11 is 1.76. The zero-order valence-electron chi connectivity index (χ0n) is 17.2. The summed E-state index contributed by atoms with van der Waals surface area (Å²) in [5.41, 5.74) is 2.71. The third kappa shape index (κ3) is 4.31. The molecule has 0 radical (unpaired) electrons. The highest BCUT2D eigenvalue weighted by Gasteiger charge is 2.23. The van der Waals surface area contributed by atoms with Crippen molar-refractivity contribution in [2.45, 2.75) is 31.2 Å². The Labute approximate surface area is 180 Å². The molecule has 3 aromatic rings. The van der Waals surface area contributed by atoms with E-state index in [1.807, 2.05) is 55.5 Å². The van der Waals surface area contributed by atoms with Crippen molar-refractivity contribution in [2.24, 2.45) is 0 Å². The molecular weight excluding hydrogens is 396 g/mol. The van der Waals surface area contributed by atoms with Gasteiger partial charge in [-0.1, -0.05) is 30.3 Å². The van der Waals surface area contributed by atoms with Gasteiger partial charge in [0.1, 0.15) is 5.82 Å². The van der Waals surface area contributed by atoms with Crippen LogP contribution in [-0.2, 0) is 16.1 Å². The topological polar surface area (TPSA) is 66.4 Å². The number of benzene rings is 2. The first-order chi connectivity index (χ1) is 14.5. The normalized spacial score (nSPS) is 13.2. The number of aryl methyl sites for hydroxylation is 1. The fourth-order valence-corrected chi connectivity index (χ4v) is 4.63. The van der Waals surface area contributed by atoms with Crippen LogP contribution in [0.3, 0.4) is 0 Å². The number of para-hydroxylation sites is 2. The lowest BCUT2D eigenvalue weighted by Gasteiger charge is -2.29. The molecule has 0 atom stereocenters. The Bertz CT molecular complexity index is 1100. The average molecular weight is 421 g/mol. The Morgan fingerprint density at radius 1 is 1.07 bits per heavy atom. The Morgan fingerprint density at radius 3 is 2.70 bits per heavy atom. The van der Waals surface area contributed by atoms with Crippen LogP contribution >= 0.6 is 11.8 Å². The molecule has 4 rings (SSSR count). The molecule has 0 spiro atoms. The van der Waals surface area contributed by atoms with E-state index in [-0.39, 0.29) is 24.7 Å². The van der Waals surface area contributed by atoms with Crippen LogP contribution in [0.15, 0.2) is 53.4 Å². The van der Waals surface area contributed by atoms with Crippen LogP contribution in [0.25, 0.3) is 10.9 Å². The van der Waals surface area contributed by atoms with Gasteiger partial charge >= 0.3 is 0 Å². The van der Waals surface area contributed by atoms with Gasteiger partial charge in [-0.3, -0.25) is 9.59 Å². The molecule has 0 saturated heterocycles. The van der Waals surface area contributed by atoms with Crippen molar-refractivity contribution in [3.63, 3.8) is 0 Å². The van der Waals surface area contributed by atoms with Crippen molar-refractivity contribution in [2.75, 3.05) is 24.2 Å². The number of aromatic nitrogens is 2. The van der Waals surface area contributed by atoms with Crippen molar-refractivity contribution in [3.8, 4) is 0 Å². The molecule has 7 heteroatoms. The molecule has 1 aliphatic heterocycles. The van der Waals surface area contributed by atoms with Gasteiger partial charge in [-0.25, -0.2) is 9.97 Å². The van der Waals surface area contributed by atoms with Crippen LogP contribution in [0.1, 0.15) is 24.4 Å². The Morgan fingerprint density at radius 2 is 1.83 bits per heavy atom. The van der Waals surface area contributed by atoms with Gasteiger partial charge in [-0.15, -0.1) is 11.8 Å². The lowest BCUT2D eigenvalue weighted by Crippen LogP contribution is -2.36. The van der Waals surface area contributed by atoms with E-state index in [1.165, 1.54) is 0 Å². The summed E-state index contributed by atoms with van der Waals surface area (Å²) in [5.74, 6) is 1.38. The fourth-order valence-electron chi connectivity index (χ4n) is 3.63. The molecule has 0 saturated carbocycles. The molecule has 1 aliphatic rings. The number of carbonyl (C=O) groups is 2. The highest BCUT2D eigenvalue weighted by atomic mass is 32.2. The molecule has 2 aromatic carbocycles. The Balaban J connectivity index is 1.37. The highest BCUT2D eigenvalue weighted by molar-refractivity contribution is 7.99. The van der Waals surface area contributed by atoms with Crippen molar-refractivity contribution in [1.29, 1.82) is 0 Å². The van der Waals surface area contributed by atoms with Gasteiger partial charge in [0.05, 0.1) is 17.7 Å². The quantitative estimate of drug-likeness (QED) is 0.628. The van der Waals surface area contributed by atoms with Crippen LogP contribution in [0.4, 0.5) is 5.69 Å². The van der Waals surface area contributed by atoms with E-state index in [2.05, 4.69) is 9.97 Å². The summed E-state index contributed by atoms with van der Waals surface area (Å²) in [5, 5.41) is 1.01. The van der Waals surface area contributed by atoms with Gasteiger partial charge in [0, 0.05) is 48.2 Å². The van der Waals surface area contributed by atoms with Crippen molar-refractivity contribution in [1.82, 2.24) is 14.9 Å². The summed E-state index contributed by atoms with van der Waals surface area (Å²) in [6.45, 7) is 2.94. The molecule has 154 valence electrons. The van der Waals surface area contributed by atoms with E-state index < -0.39 is 0 Å². The predicted octanol–water partition coefficient (Wildman–Crippen LogP) is 3.82. The van der Waals surface area contributed by atoms with Gasteiger partial charge < -0.3 is 9.80 Å². The third-order valence-corrected chi connectivity index (χ3v) is 6.27. The first kappa shape index (κ1) is 20.3. The van der Waals surface area contributed by atoms with Crippen LogP contribution in [-0.4, -0.2) is 46.0 Å². The summed E-state index contributed by atoms with van der Waals surface area (Å²) < 4.78 is 0. The van der Waals surface area contributed by atoms with Crippen molar-refractivity contribution >= 4 is 40.2 Å². The van der Waals surface area contributed by atoms with Crippen LogP contribution in [0.2, 0.25) is 0 Å². The van der Waals surface area contributed by atoms with Crippen LogP contribution in [0, 0.1) is 6.92 Å². The van der Waals surface area contributed by atoms with Crippen molar-refractivity contribution < 1.29 is 9.59 Å². The van der Waals surface area contributed by atoms with Crippen LogP contribution in [0.5, 0.6) is 0 Å². The van der Waals surface area contributed by atoms with E-state index >= 15 is 0 Å². The number of thioether (sulfide) groups is 1. The van der Waals surface area contributed by atoms with E-state index in [4.69, 9.17) is 0 Å².